The smallest absolute Gasteiger partial charge is 0.114 e. The molecule has 0 unspecified atom stereocenters. The van der Waals surface area contributed by atoms with Crippen molar-refractivity contribution in [1.82, 2.24) is 0 Å². The quantitative estimate of drug-likeness (QED) is 0.417. The lowest BCUT2D eigenvalue weighted by molar-refractivity contribution is 0.305. The number of hydrogen-bond acceptors (Lipinski definition) is 1. The fraction of sp³-hybridized carbons (Fsp3) is 0.500. The van der Waals surface area contributed by atoms with E-state index in [1.807, 2.05) is 25.2 Å². The fourth-order valence-corrected chi connectivity index (χ4v) is 0.585. The molecule has 0 atom stereocenters. The van der Waals surface area contributed by atoms with Crippen LogP contribution in [0, 0.1) is 0 Å². The molecule has 0 saturated heterocycles. The lowest BCUT2D eigenvalue weighted by Crippen LogP contribution is -1.79. The molecule has 1 nitrogen and oxygen atoms in total. The zero-order chi connectivity index (χ0) is 7.11. The van der Waals surface area contributed by atoms with Gasteiger partial charge in [0.2, 0.25) is 0 Å². The molecule has 0 bridgehead atoms. The van der Waals surface area contributed by atoms with Crippen LogP contribution in [-0.4, -0.2) is 7.11 Å². The van der Waals surface area contributed by atoms with E-state index >= 15 is 0 Å². The fourth-order valence-electron chi connectivity index (χ4n) is 0.585. The minimum Gasteiger partial charge on any atom is -0.497 e. The second kappa shape index (κ2) is 5.42. The highest BCUT2D eigenvalue weighted by atomic mass is 16.5. The average molecular weight is 126 g/mol. The van der Waals surface area contributed by atoms with Crippen LogP contribution >= 0.6 is 0 Å². The number of ether oxygens (including phenoxy) is 1. The Hall–Kier alpha value is -0.720. The van der Waals surface area contributed by atoms with Gasteiger partial charge in [0.15, 0.2) is 0 Å². The molecule has 0 saturated carbocycles. The SMILES string of the molecule is C/C=C/C(=C\CC)OC. The molecule has 0 aliphatic heterocycles. The van der Waals surface area contributed by atoms with Gasteiger partial charge in [-0.2, -0.15) is 0 Å². The van der Waals surface area contributed by atoms with E-state index in [0.29, 0.717) is 0 Å². The van der Waals surface area contributed by atoms with Crippen LogP contribution < -0.4 is 0 Å². The van der Waals surface area contributed by atoms with Gasteiger partial charge in [0.25, 0.3) is 0 Å². The molecule has 1 heteroatoms. The molecule has 0 aliphatic carbocycles. The average Bonchev–Trinajstić information content (AvgIpc) is 1.88. The molecule has 0 N–H and O–H groups in total. The van der Waals surface area contributed by atoms with Crippen molar-refractivity contribution in [3.63, 3.8) is 0 Å². The van der Waals surface area contributed by atoms with Crippen molar-refractivity contribution in [2.45, 2.75) is 20.3 Å². The lowest BCUT2D eigenvalue weighted by Gasteiger charge is -1.96. The summed E-state index contributed by atoms with van der Waals surface area (Å²) in [5.74, 6) is 0.944. The molecule has 0 aromatic heterocycles. The van der Waals surface area contributed by atoms with Crippen molar-refractivity contribution in [3.05, 3.63) is 24.0 Å². The highest BCUT2D eigenvalue weighted by molar-refractivity contribution is 5.10. The Morgan fingerprint density at radius 3 is 2.56 bits per heavy atom. The van der Waals surface area contributed by atoms with Crippen molar-refractivity contribution in [1.29, 1.82) is 0 Å². The van der Waals surface area contributed by atoms with E-state index in [2.05, 4.69) is 6.92 Å². The standard InChI is InChI=1S/C8H14O/c1-4-6-8(9-3)7-5-2/h4,6-7H,5H2,1-3H3/b6-4+,8-7+. The summed E-state index contributed by atoms with van der Waals surface area (Å²) in [6, 6.07) is 0. The molecule has 0 radical (unpaired) electrons. The van der Waals surface area contributed by atoms with Gasteiger partial charge in [-0.3, -0.25) is 0 Å². The van der Waals surface area contributed by atoms with Gasteiger partial charge in [-0.25, -0.2) is 0 Å². The van der Waals surface area contributed by atoms with Gasteiger partial charge in [0.1, 0.15) is 5.76 Å². The molecule has 52 valence electrons. The maximum atomic E-state index is 5.01. The van der Waals surface area contributed by atoms with Crippen LogP contribution in [0.25, 0.3) is 0 Å². The van der Waals surface area contributed by atoms with Crippen LogP contribution in [0.1, 0.15) is 20.3 Å². The van der Waals surface area contributed by atoms with Crippen LogP contribution in [0.4, 0.5) is 0 Å². The summed E-state index contributed by atoms with van der Waals surface area (Å²) in [7, 11) is 1.68. The van der Waals surface area contributed by atoms with E-state index in [-0.39, 0.29) is 0 Å². The van der Waals surface area contributed by atoms with Gasteiger partial charge in [-0.1, -0.05) is 13.0 Å². The largest absolute Gasteiger partial charge is 0.497 e. The van der Waals surface area contributed by atoms with E-state index in [4.69, 9.17) is 4.74 Å². The van der Waals surface area contributed by atoms with Gasteiger partial charge < -0.3 is 4.74 Å². The van der Waals surface area contributed by atoms with E-state index in [1.165, 1.54) is 0 Å². The van der Waals surface area contributed by atoms with E-state index in [1.54, 1.807) is 7.11 Å². The highest BCUT2D eigenvalue weighted by Gasteiger charge is 1.82. The van der Waals surface area contributed by atoms with Gasteiger partial charge in [-0.15, -0.1) is 0 Å². The maximum absolute atomic E-state index is 5.01. The summed E-state index contributed by atoms with van der Waals surface area (Å²) in [5.41, 5.74) is 0. The molecule has 9 heavy (non-hydrogen) atoms. The van der Waals surface area contributed by atoms with Crippen LogP contribution in [0.2, 0.25) is 0 Å². The Bertz CT molecular complexity index is 112. The summed E-state index contributed by atoms with van der Waals surface area (Å²) in [5, 5.41) is 0. The van der Waals surface area contributed by atoms with Crippen molar-refractivity contribution in [3.8, 4) is 0 Å². The van der Waals surface area contributed by atoms with Crippen LogP contribution in [0.15, 0.2) is 24.0 Å². The van der Waals surface area contributed by atoms with Gasteiger partial charge in [-0.05, 0) is 25.5 Å². The number of hydrogen-bond donors (Lipinski definition) is 0. The topological polar surface area (TPSA) is 9.23 Å². The monoisotopic (exact) mass is 126 g/mol. The van der Waals surface area contributed by atoms with Crippen molar-refractivity contribution in [2.75, 3.05) is 7.11 Å². The third-order valence-corrected chi connectivity index (χ3v) is 0.972. The normalized spacial score (nSPS) is 12.6. The zero-order valence-corrected chi connectivity index (χ0v) is 6.35. The van der Waals surface area contributed by atoms with E-state index in [0.717, 1.165) is 12.2 Å². The van der Waals surface area contributed by atoms with Crippen molar-refractivity contribution in [2.24, 2.45) is 0 Å². The summed E-state index contributed by atoms with van der Waals surface area (Å²) >= 11 is 0. The Kier molecular flexibility index (Phi) is 4.98. The lowest BCUT2D eigenvalue weighted by atomic mass is 10.3. The Balaban J connectivity index is 3.81. The summed E-state index contributed by atoms with van der Waals surface area (Å²) in [6.07, 6.45) is 6.97. The van der Waals surface area contributed by atoms with Gasteiger partial charge in [0.05, 0.1) is 7.11 Å². The second-order valence-corrected chi connectivity index (χ2v) is 1.72. The Labute approximate surface area is 57.0 Å². The molecule has 0 aromatic carbocycles. The summed E-state index contributed by atoms with van der Waals surface area (Å²) < 4.78 is 5.01. The van der Waals surface area contributed by atoms with Gasteiger partial charge in [0, 0.05) is 0 Å². The first-order valence-corrected chi connectivity index (χ1v) is 3.22. The van der Waals surface area contributed by atoms with E-state index in [9.17, 15) is 0 Å². The molecule has 0 heterocycles. The Morgan fingerprint density at radius 1 is 1.56 bits per heavy atom. The van der Waals surface area contributed by atoms with E-state index < -0.39 is 0 Å². The first-order valence-electron chi connectivity index (χ1n) is 3.22. The third kappa shape index (κ3) is 3.83. The number of allylic oxidation sites excluding steroid dienone is 3. The predicted molar refractivity (Wildman–Crippen MR) is 40.2 cm³/mol. The Morgan fingerprint density at radius 2 is 2.22 bits per heavy atom. The first kappa shape index (κ1) is 8.28. The predicted octanol–water partition coefficient (Wildman–Crippen LogP) is 2.50. The zero-order valence-electron chi connectivity index (χ0n) is 6.35. The number of methoxy groups -OCH3 is 1. The maximum Gasteiger partial charge on any atom is 0.114 e. The minimum absolute atomic E-state index is 0.944. The van der Waals surface area contributed by atoms with Crippen molar-refractivity contribution >= 4 is 0 Å². The molecule has 0 spiro atoms. The molecular weight excluding hydrogens is 112 g/mol. The van der Waals surface area contributed by atoms with Crippen molar-refractivity contribution < 1.29 is 4.74 Å². The number of rotatable bonds is 3. The minimum atomic E-state index is 0.944. The molecule has 0 aromatic rings. The first-order chi connectivity index (χ1) is 4.35. The molecule has 0 fully saturated rings. The van der Waals surface area contributed by atoms with Crippen LogP contribution in [0.3, 0.4) is 0 Å². The third-order valence-electron chi connectivity index (χ3n) is 0.972. The second-order valence-electron chi connectivity index (χ2n) is 1.72. The molecule has 0 rings (SSSR count). The highest BCUT2D eigenvalue weighted by Crippen LogP contribution is 1.98. The molecule has 0 aliphatic rings. The van der Waals surface area contributed by atoms with Gasteiger partial charge >= 0.3 is 0 Å². The summed E-state index contributed by atoms with van der Waals surface area (Å²) in [6.45, 7) is 4.06. The molecular formula is C8H14O. The molecule has 0 amide bonds. The summed E-state index contributed by atoms with van der Waals surface area (Å²) in [4.78, 5) is 0. The van der Waals surface area contributed by atoms with Crippen LogP contribution in [0.5, 0.6) is 0 Å². The van der Waals surface area contributed by atoms with Crippen LogP contribution in [-0.2, 0) is 4.74 Å².